The van der Waals surface area contributed by atoms with Crippen LogP contribution in [0.4, 0.5) is 0 Å². The third-order valence-electron chi connectivity index (χ3n) is 2.29. The number of thiophene rings is 1. The van der Waals surface area contributed by atoms with Crippen LogP contribution in [-0.4, -0.2) is 26.1 Å². The fraction of sp³-hybridized carbons (Fsp3) is 0.400. The maximum atomic E-state index is 11.8. The highest BCUT2D eigenvalue weighted by Crippen LogP contribution is 2.24. The van der Waals surface area contributed by atoms with Crippen LogP contribution in [0.1, 0.15) is 18.7 Å². The van der Waals surface area contributed by atoms with Crippen molar-refractivity contribution >= 4 is 17.2 Å². The SMILES string of the molecule is CC(C)(NC(=O)Cn1cnnn1)c1cccs1. The van der Waals surface area contributed by atoms with Gasteiger partial charge in [0.1, 0.15) is 12.9 Å². The Hall–Kier alpha value is -1.76. The number of tetrazole rings is 1. The van der Waals surface area contributed by atoms with E-state index in [4.69, 9.17) is 0 Å². The molecule has 0 aromatic carbocycles. The summed E-state index contributed by atoms with van der Waals surface area (Å²) in [6, 6.07) is 3.97. The van der Waals surface area contributed by atoms with E-state index in [0.717, 1.165) is 4.88 Å². The zero-order valence-electron chi connectivity index (χ0n) is 9.62. The molecule has 90 valence electrons. The number of carbonyl (C=O) groups is 1. The van der Waals surface area contributed by atoms with Crippen molar-refractivity contribution in [2.24, 2.45) is 0 Å². The van der Waals surface area contributed by atoms with Gasteiger partial charge in [-0.15, -0.1) is 16.4 Å². The molecule has 0 aliphatic carbocycles. The van der Waals surface area contributed by atoms with E-state index >= 15 is 0 Å². The van der Waals surface area contributed by atoms with Gasteiger partial charge < -0.3 is 5.32 Å². The molecule has 0 spiro atoms. The third kappa shape index (κ3) is 2.88. The summed E-state index contributed by atoms with van der Waals surface area (Å²) in [6.45, 7) is 4.06. The van der Waals surface area contributed by atoms with Crippen molar-refractivity contribution in [3.63, 3.8) is 0 Å². The number of nitrogens with zero attached hydrogens (tertiary/aromatic N) is 4. The van der Waals surface area contributed by atoms with Crippen molar-refractivity contribution in [3.8, 4) is 0 Å². The van der Waals surface area contributed by atoms with Gasteiger partial charge >= 0.3 is 0 Å². The maximum Gasteiger partial charge on any atom is 0.242 e. The van der Waals surface area contributed by atoms with Crippen molar-refractivity contribution in [2.75, 3.05) is 0 Å². The lowest BCUT2D eigenvalue weighted by Crippen LogP contribution is -2.42. The Labute approximate surface area is 103 Å². The third-order valence-corrected chi connectivity index (χ3v) is 3.48. The minimum absolute atomic E-state index is 0.115. The van der Waals surface area contributed by atoms with Crippen LogP contribution in [0.2, 0.25) is 0 Å². The molecule has 0 unspecified atom stereocenters. The topological polar surface area (TPSA) is 72.7 Å². The van der Waals surface area contributed by atoms with E-state index in [2.05, 4.69) is 20.8 Å². The number of nitrogens with one attached hydrogen (secondary N) is 1. The van der Waals surface area contributed by atoms with E-state index in [0.29, 0.717) is 0 Å². The van der Waals surface area contributed by atoms with Crippen molar-refractivity contribution < 1.29 is 4.79 Å². The monoisotopic (exact) mass is 251 g/mol. The van der Waals surface area contributed by atoms with Crippen LogP contribution in [-0.2, 0) is 16.9 Å². The summed E-state index contributed by atoms with van der Waals surface area (Å²) in [7, 11) is 0. The molecule has 7 heteroatoms. The molecule has 2 aromatic heterocycles. The molecule has 0 aliphatic heterocycles. The number of aromatic nitrogens is 4. The first-order valence-electron chi connectivity index (χ1n) is 5.14. The number of hydrogen-bond donors (Lipinski definition) is 1. The van der Waals surface area contributed by atoms with Crippen LogP contribution in [0.3, 0.4) is 0 Å². The van der Waals surface area contributed by atoms with Gasteiger partial charge in [0.2, 0.25) is 5.91 Å². The molecule has 0 radical (unpaired) electrons. The van der Waals surface area contributed by atoms with Crippen molar-refractivity contribution in [1.29, 1.82) is 0 Å². The predicted molar refractivity (Wildman–Crippen MR) is 63.3 cm³/mol. The molecule has 6 nitrogen and oxygen atoms in total. The standard InChI is InChI=1S/C10H13N5OS/c1-10(2,8-4-3-5-17-8)12-9(16)6-15-7-11-13-14-15/h3-5,7H,6H2,1-2H3,(H,12,16). The second-order valence-electron chi connectivity index (χ2n) is 4.16. The number of amides is 1. The van der Waals surface area contributed by atoms with E-state index in [-0.39, 0.29) is 18.0 Å². The van der Waals surface area contributed by atoms with Gasteiger partial charge in [-0.25, -0.2) is 4.68 Å². The molecule has 2 aromatic rings. The largest absolute Gasteiger partial charge is 0.345 e. The highest BCUT2D eigenvalue weighted by molar-refractivity contribution is 7.10. The Morgan fingerprint density at radius 2 is 2.41 bits per heavy atom. The number of hydrogen-bond acceptors (Lipinski definition) is 5. The molecule has 0 atom stereocenters. The summed E-state index contributed by atoms with van der Waals surface area (Å²) >= 11 is 1.62. The number of rotatable bonds is 4. The van der Waals surface area contributed by atoms with Crippen molar-refractivity contribution in [2.45, 2.75) is 25.9 Å². The first-order chi connectivity index (χ1) is 8.08. The Morgan fingerprint density at radius 3 is 3.00 bits per heavy atom. The van der Waals surface area contributed by atoms with E-state index < -0.39 is 0 Å². The van der Waals surface area contributed by atoms with Gasteiger partial charge in [0.25, 0.3) is 0 Å². The summed E-state index contributed by atoms with van der Waals surface area (Å²) in [6.07, 6.45) is 1.41. The summed E-state index contributed by atoms with van der Waals surface area (Å²) in [5, 5.41) is 15.5. The van der Waals surface area contributed by atoms with Gasteiger partial charge in [0.05, 0.1) is 5.54 Å². The maximum absolute atomic E-state index is 11.8. The molecule has 0 saturated carbocycles. The Balaban J connectivity index is 1.99. The van der Waals surface area contributed by atoms with Gasteiger partial charge in [0, 0.05) is 4.88 Å². The molecule has 2 rings (SSSR count). The molecule has 0 fully saturated rings. The minimum Gasteiger partial charge on any atom is -0.345 e. The molecule has 0 aliphatic rings. The van der Waals surface area contributed by atoms with E-state index in [1.54, 1.807) is 11.3 Å². The fourth-order valence-electron chi connectivity index (χ4n) is 1.48. The van der Waals surface area contributed by atoms with Gasteiger partial charge in [-0.05, 0) is 35.7 Å². The van der Waals surface area contributed by atoms with E-state index in [9.17, 15) is 4.79 Å². The lowest BCUT2D eigenvalue weighted by atomic mass is 10.0. The minimum atomic E-state index is -0.376. The first-order valence-corrected chi connectivity index (χ1v) is 6.02. The van der Waals surface area contributed by atoms with Gasteiger partial charge in [-0.1, -0.05) is 6.07 Å². The zero-order chi connectivity index (χ0) is 12.3. The molecule has 2 heterocycles. The van der Waals surface area contributed by atoms with Crippen LogP contribution in [0.25, 0.3) is 0 Å². The molecule has 17 heavy (non-hydrogen) atoms. The molecule has 0 saturated heterocycles. The molecule has 0 bridgehead atoms. The highest BCUT2D eigenvalue weighted by Gasteiger charge is 2.23. The Bertz CT molecular complexity index is 477. The second kappa shape index (κ2) is 4.62. The van der Waals surface area contributed by atoms with Crippen LogP contribution in [0.15, 0.2) is 23.8 Å². The highest BCUT2D eigenvalue weighted by atomic mass is 32.1. The lowest BCUT2D eigenvalue weighted by molar-refractivity contribution is -0.123. The van der Waals surface area contributed by atoms with E-state index in [1.165, 1.54) is 11.0 Å². The second-order valence-corrected chi connectivity index (χ2v) is 5.11. The average molecular weight is 251 g/mol. The molecular formula is C10H13N5OS. The Kier molecular flexibility index (Phi) is 3.19. The summed E-state index contributed by atoms with van der Waals surface area (Å²) < 4.78 is 1.39. The van der Waals surface area contributed by atoms with Crippen molar-refractivity contribution in [3.05, 3.63) is 28.7 Å². The van der Waals surface area contributed by atoms with Gasteiger partial charge in [0.15, 0.2) is 0 Å². The molecule has 1 amide bonds. The first kappa shape index (κ1) is 11.7. The summed E-state index contributed by atoms with van der Waals surface area (Å²) in [4.78, 5) is 12.9. The van der Waals surface area contributed by atoms with Crippen molar-refractivity contribution in [1.82, 2.24) is 25.5 Å². The molecule has 1 N–H and O–H groups in total. The van der Waals surface area contributed by atoms with Crippen LogP contribution < -0.4 is 5.32 Å². The van der Waals surface area contributed by atoms with Crippen LogP contribution in [0.5, 0.6) is 0 Å². The predicted octanol–water partition coefficient (Wildman–Crippen LogP) is 0.786. The average Bonchev–Trinajstić information content (AvgIpc) is 2.87. The zero-order valence-corrected chi connectivity index (χ0v) is 10.4. The van der Waals surface area contributed by atoms with E-state index in [1.807, 2.05) is 31.4 Å². The quantitative estimate of drug-likeness (QED) is 0.871. The summed E-state index contributed by atoms with van der Waals surface area (Å²) in [5.74, 6) is -0.115. The normalized spacial score (nSPS) is 11.4. The smallest absolute Gasteiger partial charge is 0.242 e. The van der Waals surface area contributed by atoms with Gasteiger partial charge in [-0.2, -0.15) is 0 Å². The van der Waals surface area contributed by atoms with Crippen LogP contribution >= 0.6 is 11.3 Å². The fourth-order valence-corrected chi connectivity index (χ4v) is 2.29. The molecular weight excluding hydrogens is 238 g/mol. The Morgan fingerprint density at radius 1 is 1.59 bits per heavy atom. The van der Waals surface area contributed by atoms with Crippen LogP contribution in [0, 0.1) is 0 Å². The lowest BCUT2D eigenvalue weighted by Gasteiger charge is -2.24. The summed E-state index contributed by atoms with van der Waals surface area (Å²) in [5.41, 5.74) is -0.376. The van der Waals surface area contributed by atoms with Gasteiger partial charge in [-0.3, -0.25) is 4.79 Å². The number of carbonyl (C=O) groups excluding carboxylic acids is 1.